The molecule has 12 nitrogen and oxygen atoms in total. The van der Waals surface area contributed by atoms with Crippen molar-refractivity contribution in [3.8, 4) is 22.8 Å². The van der Waals surface area contributed by atoms with E-state index in [0.29, 0.717) is 49.9 Å². The third-order valence-electron chi connectivity index (χ3n) is 8.96. The van der Waals surface area contributed by atoms with Crippen molar-refractivity contribution < 1.29 is 22.8 Å². The number of amides is 2. The zero-order chi connectivity index (χ0) is 41.3. The van der Waals surface area contributed by atoms with Gasteiger partial charge in [0.25, 0.3) is 11.8 Å². The summed E-state index contributed by atoms with van der Waals surface area (Å²) in [5, 5.41) is 6.16. The standard InChI is InChI=1S/C21H15ClF3N5O.C20H16ClN5O/c1-11-12(7-8-17(27-11)21(23,24)25)20(31)29-18-9-13(14(22)10-26-18)19-28-15-5-3-4-6-16(15)30(19)2;1-11-7-8-13(12(2)23-11)20(27)26-18-9-14(15(21)10-22-18)19-24-16-5-3-4-6-17(16)25-19/h3-10H,1-2H3,(H,26,29,31);3-10H,1-2H3,(H,24,25)(H,22,26,27). The summed E-state index contributed by atoms with van der Waals surface area (Å²) in [6.07, 6.45) is -1.71. The molecule has 58 heavy (non-hydrogen) atoms. The summed E-state index contributed by atoms with van der Waals surface area (Å²) in [6.45, 7) is 5.02. The van der Waals surface area contributed by atoms with Crippen molar-refractivity contribution in [3.05, 3.63) is 141 Å². The lowest BCUT2D eigenvalue weighted by Crippen LogP contribution is -2.17. The van der Waals surface area contributed by atoms with Gasteiger partial charge >= 0.3 is 6.18 Å². The Balaban J connectivity index is 0.000000178. The monoisotopic (exact) mass is 822 g/mol. The van der Waals surface area contributed by atoms with Gasteiger partial charge in [0, 0.05) is 36.3 Å². The molecule has 3 N–H and O–H groups in total. The van der Waals surface area contributed by atoms with E-state index in [4.69, 9.17) is 23.2 Å². The highest BCUT2D eigenvalue weighted by molar-refractivity contribution is 6.33. The lowest BCUT2D eigenvalue weighted by Gasteiger charge is -2.11. The lowest BCUT2D eigenvalue weighted by molar-refractivity contribution is -0.141. The van der Waals surface area contributed by atoms with Crippen LogP contribution in [-0.4, -0.2) is 51.3 Å². The maximum atomic E-state index is 12.8. The first-order chi connectivity index (χ1) is 27.7. The van der Waals surface area contributed by atoms with E-state index in [1.54, 1.807) is 31.2 Å². The smallest absolute Gasteiger partial charge is 0.338 e. The predicted octanol–water partition coefficient (Wildman–Crippen LogP) is 9.81. The Morgan fingerprint density at radius 1 is 0.690 bits per heavy atom. The van der Waals surface area contributed by atoms with Gasteiger partial charge in [-0.05, 0) is 81.4 Å². The highest BCUT2D eigenvalue weighted by atomic mass is 35.5. The normalized spacial score (nSPS) is 11.3. The van der Waals surface area contributed by atoms with Crippen LogP contribution in [0.1, 0.15) is 43.5 Å². The molecule has 0 aliphatic carbocycles. The maximum Gasteiger partial charge on any atom is 0.433 e. The van der Waals surface area contributed by atoms with Gasteiger partial charge in [-0.1, -0.05) is 47.5 Å². The Labute approximate surface area is 338 Å². The van der Waals surface area contributed by atoms with E-state index in [-0.39, 0.29) is 23.0 Å². The first-order valence-electron chi connectivity index (χ1n) is 17.5. The maximum absolute atomic E-state index is 12.8. The average Bonchev–Trinajstić information content (AvgIpc) is 3.77. The third-order valence-corrected chi connectivity index (χ3v) is 9.56. The number of nitrogens with zero attached hydrogens (tertiary/aromatic N) is 7. The summed E-state index contributed by atoms with van der Waals surface area (Å²) in [7, 11) is 1.84. The number of hydrogen-bond donors (Lipinski definition) is 3. The van der Waals surface area contributed by atoms with Gasteiger partial charge in [0.1, 0.15) is 29.0 Å². The van der Waals surface area contributed by atoms with Crippen LogP contribution in [0.25, 0.3) is 44.8 Å². The molecule has 0 bridgehead atoms. The molecule has 2 aromatic carbocycles. The molecule has 0 radical (unpaired) electrons. The largest absolute Gasteiger partial charge is 0.433 e. The van der Waals surface area contributed by atoms with Gasteiger partial charge in [-0.25, -0.2) is 24.9 Å². The van der Waals surface area contributed by atoms with Crippen molar-refractivity contribution in [1.29, 1.82) is 0 Å². The second-order valence-electron chi connectivity index (χ2n) is 13.0. The molecule has 8 aromatic rings. The van der Waals surface area contributed by atoms with Crippen LogP contribution < -0.4 is 10.6 Å². The molecule has 2 amide bonds. The van der Waals surface area contributed by atoms with Crippen molar-refractivity contribution in [2.75, 3.05) is 10.6 Å². The van der Waals surface area contributed by atoms with Gasteiger partial charge in [-0.3, -0.25) is 14.6 Å². The fourth-order valence-corrected chi connectivity index (χ4v) is 6.47. The minimum absolute atomic E-state index is 0.00836. The van der Waals surface area contributed by atoms with Gasteiger partial charge in [0.2, 0.25) is 0 Å². The number of benzene rings is 2. The molecule has 0 atom stereocenters. The van der Waals surface area contributed by atoms with Crippen molar-refractivity contribution in [2.24, 2.45) is 7.05 Å². The number of nitrogens with one attached hydrogen (secondary N) is 3. The summed E-state index contributed by atoms with van der Waals surface area (Å²) in [4.78, 5) is 53.7. The SMILES string of the molecule is Cc1ccc(C(=O)Nc2cc(-c3nc4ccccc4[nH]3)c(Cl)cn2)c(C)n1.Cc1nc(C(F)(F)F)ccc1C(=O)Nc1cc(-c2nc3ccccc3n2C)c(Cl)cn1. The number of aryl methyl sites for hydroxylation is 4. The van der Waals surface area contributed by atoms with Crippen LogP contribution in [0.4, 0.5) is 24.8 Å². The number of halogens is 5. The summed E-state index contributed by atoms with van der Waals surface area (Å²) in [6, 6.07) is 24.0. The number of carbonyl (C=O) groups excluding carboxylic acids is 2. The van der Waals surface area contributed by atoms with E-state index in [1.165, 1.54) is 19.3 Å². The van der Waals surface area contributed by atoms with Crippen molar-refractivity contribution in [1.82, 2.24) is 39.5 Å². The topological polar surface area (TPSA) is 156 Å². The first-order valence-corrected chi connectivity index (χ1v) is 18.2. The van der Waals surface area contributed by atoms with E-state index < -0.39 is 17.8 Å². The number of rotatable bonds is 6. The quantitative estimate of drug-likeness (QED) is 0.150. The molecule has 292 valence electrons. The Kier molecular flexibility index (Phi) is 10.9. The predicted molar refractivity (Wildman–Crippen MR) is 217 cm³/mol. The van der Waals surface area contributed by atoms with Gasteiger partial charge in [-0.2, -0.15) is 13.2 Å². The summed E-state index contributed by atoms with van der Waals surface area (Å²) in [5.74, 6) is 0.856. The Bertz CT molecular complexity index is 2840. The Morgan fingerprint density at radius 3 is 1.86 bits per heavy atom. The minimum atomic E-state index is -4.59. The molecule has 0 fully saturated rings. The van der Waals surface area contributed by atoms with Crippen LogP contribution in [0.5, 0.6) is 0 Å². The zero-order valence-corrected chi connectivity index (χ0v) is 32.6. The number of aromatic nitrogens is 8. The van der Waals surface area contributed by atoms with Crippen LogP contribution in [0.15, 0.2) is 97.3 Å². The first kappa shape index (κ1) is 39.5. The second-order valence-corrected chi connectivity index (χ2v) is 13.8. The number of para-hydroxylation sites is 4. The van der Waals surface area contributed by atoms with E-state index >= 15 is 0 Å². The van der Waals surface area contributed by atoms with Gasteiger partial charge < -0.3 is 20.2 Å². The molecule has 17 heteroatoms. The van der Waals surface area contributed by atoms with Crippen molar-refractivity contribution in [3.63, 3.8) is 0 Å². The fraction of sp³-hybridized carbons (Fsp3) is 0.122. The second kappa shape index (κ2) is 16.0. The third kappa shape index (κ3) is 8.36. The van der Waals surface area contributed by atoms with Crippen molar-refractivity contribution >= 4 is 68.7 Å². The van der Waals surface area contributed by atoms with E-state index in [1.807, 2.05) is 67.1 Å². The number of alkyl halides is 3. The number of carbonyl (C=O) groups is 2. The highest BCUT2D eigenvalue weighted by Gasteiger charge is 2.33. The average molecular weight is 824 g/mol. The van der Waals surface area contributed by atoms with Crippen LogP contribution >= 0.6 is 23.2 Å². The van der Waals surface area contributed by atoms with Gasteiger partial charge in [0.05, 0.1) is 54.6 Å². The van der Waals surface area contributed by atoms with E-state index in [2.05, 4.69) is 45.5 Å². The summed E-state index contributed by atoms with van der Waals surface area (Å²) < 4.78 is 40.3. The van der Waals surface area contributed by atoms with Crippen molar-refractivity contribution in [2.45, 2.75) is 26.9 Å². The molecule has 6 aromatic heterocycles. The van der Waals surface area contributed by atoms with E-state index in [0.717, 1.165) is 39.9 Å². The molecule has 0 aliphatic heterocycles. The number of hydrogen-bond acceptors (Lipinski definition) is 8. The van der Waals surface area contributed by atoms with Crippen LogP contribution in [0.2, 0.25) is 10.0 Å². The molecule has 0 saturated heterocycles. The molecule has 0 spiro atoms. The van der Waals surface area contributed by atoms with Crippen LogP contribution in [0.3, 0.4) is 0 Å². The summed E-state index contributed by atoms with van der Waals surface area (Å²) >= 11 is 12.6. The van der Waals surface area contributed by atoms with E-state index in [9.17, 15) is 22.8 Å². The number of anilines is 2. The molecule has 0 aliphatic rings. The van der Waals surface area contributed by atoms with Gasteiger partial charge in [0.15, 0.2) is 0 Å². The molecular weight excluding hydrogens is 792 g/mol. The number of H-pyrrole nitrogens is 1. The molecule has 8 rings (SSSR count). The lowest BCUT2D eigenvalue weighted by atomic mass is 10.1. The fourth-order valence-electron chi connectivity index (χ4n) is 6.09. The highest BCUT2D eigenvalue weighted by Crippen LogP contribution is 2.32. The Hall–Kier alpha value is -6.71. The van der Waals surface area contributed by atoms with Crippen LogP contribution in [0, 0.1) is 20.8 Å². The Morgan fingerprint density at radius 2 is 1.26 bits per heavy atom. The molecule has 0 saturated carbocycles. The molecule has 6 heterocycles. The summed E-state index contributed by atoms with van der Waals surface area (Å²) in [5.41, 5.74) is 5.58. The van der Waals surface area contributed by atoms with Crippen LogP contribution in [-0.2, 0) is 13.2 Å². The van der Waals surface area contributed by atoms with Gasteiger partial charge in [-0.15, -0.1) is 0 Å². The molecular formula is C41H31Cl2F3N10O2. The molecule has 0 unspecified atom stereocenters. The number of fused-ring (bicyclic) bond motifs is 2. The number of imidazole rings is 2. The number of aromatic amines is 1. The number of pyridine rings is 4. The zero-order valence-electron chi connectivity index (χ0n) is 31.1. The minimum Gasteiger partial charge on any atom is -0.338 e.